The number of fused-ring (bicyclic) bond motifs is 2. The van der Waals surface area contributed by atoms with Gasteiger partial charge in [0, 0.05) is 23.9 Å². The number of carbonyl (C=O) groups is 2. The van der Waals surface area contributed by atoms with Gasteiger partial charge in [0.1, 0.15) is 5.00 Å². The van der Waals surface area contributed by atoms with Crippen molar-refractivity contribution in [2.24, 2.45) is 17.8 Å². The van der Waals surface area contributed by atoms with Crippen molar-refractivity contribution >= 4 is 28.2 Å². The van der Waals surface area contributed by atoms with Crippen LogP contribution in [0.3, 0.4) is 0 Å². The highest BCUT2D eigenvalue weighted by atomic mass is 32.1. The van der Waals surface area contributed by atoms with E-state index in [0.717, 1.165) is 22.4 Å². The second-order valence-electron chi connectivity index (χ2n) is 8.80. The molecule has 3 atom stereocenters. The smallest absolute Gasteiger partial charge is 0.257 e. The Labute approximate surface area is 181 Å². The van der Waals surface area contributed by atoms with Gasteiger partial charge < -0.3 is 15.0 Å². The fourth-order valence-electron chi connectivity index (χ4n) is 5.42. The standard InChI is InChI=1S/C24H28N2O3S/c1-15-20(24(28)26-9-11-29-12-10-26)23(30-21(15)17-5-3-2-4-6-17)25-22(27)19-14-16-7-8-18(19)13-16/h2-6,16,18-19H,7-14H2,1H3,(H,25,27). The highest BCUT2D eigenvalue weighted by molar-refractivity contribution is 7.20. The molecular formula is C24H28N2O3S. The van der Waals surface area contributed by atoms with Gasteiger partial charge in [-0.15, -0.1) is 11.3 Å². The lowest BCUT2D eigenvalue weighted by Crippen LogP contribution is -2.41. The predicted octanol–water partition coefficient (Wildman–Crippen LogP) is 4.57. The number of carbonyl (C=O) groups excluding carboxylic acids is 2. The molecule has 2 amide bonds. The van der Waals surface area contributed by atoms with Gasteiger partial charge in [0.25, 0.3) is 5.91 Å². The van der Waals surface area contributed by atoms with Crippen molar-refractivity contribution in [3.63, 3.8) is 0 Å². The summed E-state index contributed by atoms with van der Waals surface area (Å²) < 4.78 is 5.42. The first-order valence-corrected chi connectivity index (χ1v) is 11.8. The van der Waals surface area contributed by atoms with Gasteiger partial charge in [0.2, 0.25) is 5.91 Å². The number of rotatable bonds is 4. The fraction of sp³-hybridized carbons (Fsp3) is 0.500. The summed E-state index contributed by atoms with van der Waals surface area (Å²) >= 11 is 1.53. The van der Waals surface area contributed by atoms with Crippen LogP contribution in [0.1, 0.15) is 41.6 Å². The molecule has 3 aliphatic rings. The van der Waals surface area contributed by atoms with Crippen LogP contribution in [0.4, 0.5) is 5.00 Å². The molecule has 1 aromatic heterocycles. The van der Waals surface area contributed by atoms with Crippen LogP contribution in [0.25, 0.3) is 10.4 Å². The summed E-state index contributed by atoms with van der Waals surface area (Å²) in [7, 11) is 0. The van der Waals surface area contributed by atoms with Gasteiger partial charge in [-0.25, -0.2) is 0 Å². The minimum absolute atomic E-state index is 0.00234. The van der Waals surface area contributed by atoms with Crippen LogP contribution in [0.5, 0.6) is 0 Å². The molecule has 2 bridgehead atoms. The zero-order chi connectivity index (χ0) is 20.7. The van der Waals surface area contributed by atoms with Crippen LogP contribution in [-0.4, -0.2) is 43.0 Å². The van der Waals surface area contributed by atoms with Crippen molar-refractivity contribution in [1.82, 2.24) is 4.90 Å². The summed E-state index contributed by atoms with van der Waals surface area (Å²) in [5.41, 5.74) is 2.68. The minimum Gasteiger partial charge on any atom is -0.378 e. The van der Waals surface area contributed by atoms with E-state index < -0.39 is 0 Å². The summed E-state index contributed by atoms with van der Waals surface area (Å²) in [5, 5.41) is 3.89. The Kier molecular flexibility index (Phi) is 5.37. The third-order valence-corrected chi connectivity index (χ3v) is 8.26. The Morgan fingerprint density at radius 2 is 1.87 bits per heavy atom. The number of nitrogens with zero attached hydrogens (tertiary/aromatic N) is 1. The second-order valence-corrected chi connectivity index (χ2v) is 9.82. The van der Waals surface area contributed by atoms with E-state index in [1.165, 1.54) is 30.6 Å². The van der Waals surface area contributed by atoms with Crippen molar-refractivity contribution in [3.05, 3.63) is 41.5 Å². The topological polar surface area (TPSA) is 58.6 Å². The van der Waals surface area contributed by atoms with E-state index in [2.05, 4.69) is 17.4 Å². The number of hydrogen-bond acceptors (Lipinski definition) is 4. The van der Waals surface area contributed by atoms with E-state index in [1.807, 2.05) is 30.0 Å². The van der Waals surface area contributed by atoms with Gasteiger partial charge in [0.05, 0.1) is 18.8 Å². The summed E-state index contributed by atoms with van der Waals surface area (Å²) in [6, 6.07) is 10.1. The first-order chi connectivity index (χ1) is 14.6. The molecule has 5 nitrogen and oxygen atoms in total. The molecule has 1 aromatic carbocycles. The maximum absolute atomic E-state index is 13.4. The molecule has 0 spiro atoms. The van der Waals surface area contributed by atoms with Crippen LogP contribution in [0.2, 0.25) is 0 Å². The number of hydrogen-bond donors (Lipinski definition) is 1. The summed E-state index contributed by atoms with van der Waals surface area (Å²) in [4.78, 5) is 29.5. The van der Waals surface area contributed by atoms with E-state index >= 15 is 0 Å². The molecular weight excluding hydrogens is 396 g/mol. The molecule has 3 unspecified atom stereocenters. The van der Waals surface area contributed by atoms with E-state index in [1.54, 1.807) is 0 Å². The average molecular weight is 425 g/mol. The van der Waals surface area contributed by atoms with Crippen molar-refractivity contribution in [3.8, 4) is 10.4 Å². The maximum atomic E-state index is 13.4. The van der Waals surface area contributed by atoms with E-state index in [9.17, 15) is 9.59 Å². The lowest BCUT2D eigenvalue weighted by Gasteiger charge is -2.27. The highest BCUT2D eigenvalue weighted by Gasteiger charge is 2.43. The number of amides is 2. The van der Waals surface area contributed by atoms with Crippen LogP contribution in [0, 0.1) is 24.7 Å². The molecule has 2 heterocycles. The number of benzene rings is 1. The zero-order valence-corrected chi connectivity index (χ0v) is 18.2. The Morgan fingerprint density at radius 3 is 2.53 bits per heavy atom. The molecule has 5 rings (SSSR count). The maximum Gasteiger partial charge on any atom is 0.257 e. The molecule has 2 aliphatic carbocycles. The molecule has 1 saturated heterocycles. The molecule has 1 aliphatic heterocycles. The first kappa shape index (κ1) is 19.8. The van der Waals surface area contributed by atoms with E-state index in [0.29, 0.717) is 48.7 Å². The number of thiophene rings is 1. The molecule has 1 N–H and O–H groups in total. The number of ether oxygens (including phenoxy) is 1. The van der Waals surface area contributed by atoms with Crippen molar-refractivity contribution in [2.75, 3.05) is 31.6 Å². The third-order valence-electron chi connectivity index (χ3n) is 7.01. The van der Waals surface area contributed by atoms with Crippen molar-refractivity contribution in [1.29, 1.82) is 0 Å². The summed E-state index contributed by atoms with van der Waals surface area (Å²) in [6.07, 6.45) is 4.63. The monoisotopic (exact) mass is 424 g/mol. The second kappa shape index (κ2) is 8.16. The molecule has 3 fully saturated rings. The van der Waals surface area contributed by atoms with Gasteiger partial charge in [-0.2, -0.15) is 0 Å². The van der Waals surface area contributed by atoms with Gasteiger partial charge in [-0.3, -0.25) is 9.59 Å². The van der Waals surface area contributed by atoms with Crippen LogP contribution >= 0.6 is 11.3 Å². The van der Waals surface area contributed by atoms with Crippen LogP contribution in [0.15, 0.2) is 30.3 Å². The van der Waals surface area contributed by atoms with Crippen molar-refractivity contribution in [2.45, 2.75) is 32.6 Å². The van der Waals surface area contributed by atoms with Gasteiger partial charge in [-0.1, -0.05) is 36.8 Å². The van der Waals surface area contributed by atoms with E-state index in [-0.39, 0.29) is 17.7 Å². The SMILES string of the molecule is Cc1c(-c2ccccc2)sc(NC(=O)C2CC3CCC2C3)c1C(=O)N1CCOCC1. The van der Waals surface area contributed by atoms with Crippen LogP contribution < -0.4 is 5.32 Å². The van der Waals surface area contributed by atoms with Gasteiger partial charge >= 0.3 is 0 Å². The molecule has 6 heteroatoms. The first-order valence-electron chi connectivity index (χ1n) is 11.0. The molecule has 30 heavy (non-hydrogen) atoms. The van der Waals surface area contributed by atoms with Gasteiger partial charge in [0.15, 0.2) is 0 Å². The molecule has 2 aromatic rings. The summed E-state index contributed by atoms with van der Waals surface area (Å²) in [5.74, 6) is 1.42. The van der Waals surface area contributed by atoms with Crippen molar-refractivity contribution < 1.29 is 14.3 Å². The quantitative estimate of drug-likeness (QED) is 0.782. The molecule has 158 valence electrons. The van der Waals surface area contributed by atoms with Gasteiger partial charge in [-0.05, 0) is 49.1 Å². The largest absolute Gasteiger partial charge is 0.378 e. The molecule has 0 radical (unpaired) electrons. The van der Waals surface area contributed by atoms with Crippen LogP contribution in [-0.2, 0) is 9.53 Å². The normalized spacial score (nSPS) is 25.5. The Bertz CT molecular complexity index is 949. The predicted molar refractivity (Wildman–Crippen MR) is 119 cm³/mol. The Morgan fingerprint density at radius 1 is 1.10 bits per heavy atom. The average Bonchev–Trinajstić information content (AvgIpc) is 3.49. The number of morpholine rings is 1. The van der Waals surface area contributed by atoms with E-state index in [4.69, 9.17) is 4.74 Å². The number of anilines is 1. The number of nitrogens with one attached hydrogen (secondary N) is 1. The lowest BCUT2D eigenvalue weighted by atomic mass is 9.88. The highest BCUT2D eigenvalue weighted by Crippen LogP contribution is 2.49. The lowest BCUT2D eigenvalue weighted by molar-refractivity contribution is -0.121. The Hall–Kier alpha value is -2.18. The summed E-state index contributed by atoms with van der Waals surface area (Å²) in [6.45, 7) is 4.31. The fourth-order valence-corrected chi connectivity index (χ4v) is 6.63. The Balaban J connectivity index is 1.48. The minimum atomic E-state index is -0.00234. The third kappa shape index (κ3) is 3.56. The molecule has 2 saturated carbocycles. The zero-order valence-electron chi connectivity index (χ0n) is 17.4.